The van der Waals surface area contributed by atoms with E-state index in [1.165, 1.54) is 32.1 Å². The summed E-state index contributed by atoms with van der Waals surface area (Å²) in [4.78, 5) is 0. The van der Waals surface area contributed by atoms with Crippen molar-refractivity contribution in [3.8, 4) is 0 Å². The third kappa shape index (κ3) is 6.42. The molecule has 2 heteroatoms. The molecule has 0 aromatic heterocycles. The molecule has 0 saturated heterocycles. The number of hydrogen-bond donors (Lipinski definition) is 0. The van der Waals surface area contributed by atoms with E-state index in [1.807, 2.05) is 0 Å². The highest BCUT2D eigenvalue weighted by atomic mass is 16.5. The van der Waals surface area contributed by atoms with Crippen molar-refractivity contribution in [1.82, 2.24) is 0 Å². The van der Waals surface area contributed by atoms with E-state index in [4.69, 9.17) is 9.47 Å². The monoisotopic (exact) mass is 244 g/mol. The van der Waals surface area contributed by atoms with Crippen LogP contribution < -0.4 is 0 Å². The Kier molecular flexibility index (Phi) is 9.85. The van der Waals surface area contributed by atoms with Crippen LogP contribution in [-0.2, 0) is 9.47 Å². The SMILES string of the molecule is CCCCC(CC)CC(CC)(COC)COC. The van der Waals surface area contributed by atoms with Gasteiger partial charge in [0.1, 0.15) is 0 Å². The van der Waals surface area contributed by atoms with Gasteiger partial charge in [0.05, 0.1) is 13.2 Å². The van der Waals surface area contributed by atoms with Crippen molar-refractivity contribution in [3.63, 3.8) is 0 Å². The second-order valence-corrected chi connectivity index (χ2v) is 5.34. The van der Waals surface area contributed by atoms with Crippen LogP contribution >= 0.6 is 0 Å². The maximum absolute atomic E-state index is 5.42. The van der Waals surface area contributed by atoms with Crippen LogP contribution in [0.25, 0.3) is 0 Å². The predicted molar refractivity (Wildman–Crippen MR) is 74.4 cm³/mol. The summed E-state index contributed by atoms with van der Waals surface area (Å²) in [6.45, 7) is 8.47. The van der Waals surface area contributed by atoms with Gasteiger partial charge in [0.15, 0.2) is 0 Å². The molecule has 0 amide bonds. The maximum Gasteiger partial charge on any atom is 0.0540 e. The van der Waals surface area contributed by atoms with Gasteiger partial charge >= 0.3 is 0 Å². The first-order valence-electron chi connectivity index (χ1n) is 7.15. The van der Waals surface area contributed by atoms with E-state index < -0.39 is 0 Å². The minimum atomic E-state index is 0.220. The van der Waals surface area contributed by atoms with Crippen LogP contribution in [0.5, 0.6) is 0 Å². The van der Waals surface area contributed by atoms with E-state index in [0.717, 1.165) is 25.6 Å². The smallest absolute Gasteiger partial charge is 0.0540 e. The molecule has 0 aliphatic rings. The van der Waals surface area contributed by atoms with Gasteiger partial charge in [-0.3, -0.25) is 0 Å². The van der Waals surface area contributed by atoms with Gasteiger partial charge in [0.2, 0.25) is 0 Å². The molecule has 0 spiro atoms. The number of rotatable bonds is 11. The van der Waals surface area contributed by atoms with Crippen molar-refractivity contribution in [2.24, 2.45) is 11.3 Å². The molecule has 0 N–H and O–H groups in total. The molecular formula is C15H32O2. The van der Waals surface area contributed by atoms with Crippen LogP contribution in [0.1, 0.15) is 59.3 Å². The molecule has 2 nitrogen and oxygen atoms in total. The summed E-state index contributed by atoms with van der Waals surface area (Å²) in [5, 5.41) is 0. The number of ether oxygens (including phenoxy) is 2. The molecule has 1 atom stereocenters. The first-order valence-corrected chi connectivity index (χ1v) is 7.15. The van der Waals surface area contributed by atoms with E-state index in [9.17, 15) is 0 Å². The maximum atomic E-state index is 5.42. The Morgan fingerprint density at radius 2 is 1.59 bits per heavy atom. The topological polar surface area (TPSA) is 18.5 Å². The van der Waals surface area contributed by atoms with Gasteiger partial charge in [-0.1, -0.05) is 46.5 Å². The van der Waals surface area contributed by atoms with Crippen molar-refractivity contribution < 1.29 is 9.47 Å². The van der Waals surface area contributed by atoms with Crippen LogP contribution in [0.4, 0.5) is 0 Å². The lowest BCUT2D eigenvalue weighted by Crippen LogP contribution is -2.33. The van der Waals surface area contributed by atoms with Gasteiger partial charge in [-0.05, 0) is 18.8 Å². The molecule has 0 fully saturated rings. The van der Waals surface area contributed by atoms with E-state index in [0.29, 0.717) is 0 Å². The zero-order chi connectivity index (χ0) is 13.1. The van der Waals surface area contributed by atoms with Gasteiger partial charge < -0.3 is 9.47 Å². The largest absolute Gasteiger partial charge is 0.384 e. The van der Waals surface area contributed by atoms with Crippen LogP contribution in [0.3, 0.4) is 0 Å². The van der Waals surface area contributed by atoms with Gasteiger partial charge in [-0.15, -0.1) is 0 Å². The lowest BCUT2D eigenvalue weighted by molar-refractivity contribution is -0.00986. The van der Waals surface area contributed by atoms with Crippen LogP contribution in [0.2, 0.25) is 0 Å². The third-order valence-electron chi connectivity index (χ3n) is 3.92. The first kappa shape index (κ1) is 16.9. The van der Waals surface area contributed by atoms with Crippen molar-refractivity contribution in [1.29, 1.82) is 0 Å². The minimum absolute atomic E-state index is 0.220. The third-order valence-corrected chi connectivity index (χ3v) is 3.92. The molecule has 104 valence electrons. The second-order valence-electron chi connectivity index (χ2n) is 5.34. The zero-order valence-electron chi connectivity index (χ0n) is 12.6. The van der Waals surface area contributed by atoms with E-state index in [-0.39, 0.29) is 5.41 Å². The Morgan fingerprint density at radius 3 is 1.94 bits per heavy atom. The summed E-state index contributed by atoms with van der Waals surface area (Å²) >= 11 is 0. The van der Waals surface area contributed by atoms with E-state index in [2.05, 4.69) is 20.8 Å². The number of unbranched alkanes of at least 4 members (excludes halogenated alkanes) is 1. The van der Waals surface area contributed by atoms with Crippen LogP contribution in [0, 0.1) is 11.3 Å². The summed E-state index contributed by atoms with van der Waals surface area (Å²) in [6, 6.07) is 0. The first-order chi connectivity index (χ1) is 8.17. The van der Waals surface area contributed by atoms with Gasteiger partial charge in [-0.25, -0.2) is 0 Å². The molecule has 0 aliphatic carbocycles. The minimum Gasteiger partial charge on any atom is -0.384 e. The Morgan fingerprint density at radius 1 is 1.00 bits per heavy atom. The fourth-order valence-corrected chi connectivity index (χ4v) is 2.68. The highest BCUT2D eigenvalue weighted by Gasteiger charge is 2.30. The van der Waals surface area contributed by atoms with Crippen molar-refractivity contribution in [2.45, 2.75) is 59.3 Å². The average Bonchev–Trinajstić information content (AvgIpc) is 2.34. The van der Waals surface area contributed by atoms with Crippen LogP contribution in [0.15, 0.2) is 0 Å². The summed E-state index contributed by atoms with van der Waals surface area (Å²) in [5.41, 5.74) is 0.220. The average molecular weight is 244 g/mol. The zero-order valence-corrected chi connectivity index (χ0v) is 12.6. The molecule has 0 aromatic rings. The van der Waals surface area contributed by atoms with Crippen LogP contribution in [-0.4, -0.2) is 27.4 Å². The molecule has 0 aliphatic heterocycles. The highest BCUT2D eigenvalue weighted by Crippen LogP contribution is 2.34. The summed E-state index contributed by atoms with van der Waals surface area (Å²) in [6.07, 6.45) is 7.64. The fourth-order valence-electron chi connectivity index (χ4n) is 2.68. The molecule has 0 bridgehead atoms. The molecule has 0 rings (SSSR count). The Bertz CT molecular complexity index is 162. The van der Waals surface area contributed by atoms with E-state index >= 15 is 0 Å². The molecular weight excluding hydrogens is 212 g/mol. The highest BCUT2D eigenvalue weighted by molar-refractivity contribution is 4.80. The summed E-state index contributed by atoms with van der Waals surface area (Å²) in [5.74, 6) is 0.820. The standard InChI is InChI=1S/C15H32O2/c1-6-9-10-14(7-2)11-15(8-3,12-16-4)13-17-5/h14H,6-13H2,1-5H3. The number of methoxy groups -OCH3 is 2. The second kappa shape index (κ2) is 9.90. The lowest BCUT2D eigenvalue weighted by Gasteiger charge is -2.34. The molecule has 1 unspecified atom stereocenters. The van der Waals surface area contributed by atoms with Gasteiger partial charge in [-0.2, -0.15) is 0 Å². The normalized spacial score (nSPS) is 13.9. The van der Waals surface area contributed by atoms with Gasteiger partial charge in [0, 0.05) is 19.6 Å². The molecule has 0 radical (unpaired) electrons. The Hall–Kier alpha value is -0.0800. The molecule has 17 heavy (non-hydrogen) atoms. The van der Waals surface area contributed by atoms with Crippen molar-refractivity contribution >= 4 is 0 Å². The van der Waals surface area contributed by atoms with Crippen molar-refractivity contribution in [2.75, 3.05) is 27.4 Å². The summed E-state index contributed by atoms with van der Waals surface area (Å²) < 4.78 is 10.8. The van der Waals surface area contributed by atoms with Gasteiger partial charge in [0.25, 0.3) is 0 Å². The van der Waals surface area contributed by atoms with E-state index in [1.54, 1.807) is 14.2 Å². The quantitative estimate of drug-likeness (QED) is 0.540. The Labute approximate surface area is 108 Å². The summed E-state index contributed by atoms with van der Waals surface area (Å²) in [7, 11) is 3.60. The van der Waals surface area contributed by atoms with Crippen molar-refractivity contribution in [3.05, 3.63) is 0 Å². The molecule has 0 saturated carbocycles. The predicted octanol–water partition coefficient (Wildman–Crippen LogP) is 4.28. The lowest BCUT2D eigenvalue weighted by atomic mass is 9.76. The molecule has 0 aromatic carbocycles. The number of hydrogen-bond acceptors (Lipinski definition) is 2. The fraction of sp³-hybridized carbons (Fsp3) is 1.00. The molecule has 0 heterocycles. The Balaban J connectivity index is 4.44.